The van der Waals surface area contributed by atoms with Gasteiger partial charge in [0.15, 0.2) is 0 Å². The zero-order chi connectivity index (χ0) is 25.7. The number of aliphatic hydroxyl groups is 1. The fourth-order valence-electron chi connectivity index (χ4n) is 6.59. The van der Waals surface area contributed by atoms with Crippen LogP contribution in [0.2, 0.25) is 0 Å². The van der Waals surface area contributed by atoms with Crippen LogP contribution in [-0.4, -0.2) is 87.1 Å². The highest BCUT2D eigenvalue weighted by molar-refractivity contribution is 6.00. The quantitative estimate of drug-likeness (QED) is 0.610. The van der Waals surface area contributed by atoms with Gasteiger partial charge in [-0.25, -0.2) is 0 Å². The molecule has 4 aliphatic rings. The average molecular weight is 494 g/mol. The molecule has 1 spiro atoms. The number of hydrogen-bond acceptors (Lipinski definition) is 5. The maximum absolute atomic E-state index is 14.2. The fraction of sp³-hybridized carbons (Fsp3) is 0.536. The molecule has 36 heavy (non-hydrogen) atoms. The molecule has 4 aliphatic heterocycles. The highest BCUT2D eigenvalue weighted by Gasteiger charge is 2.75. The number of nitrogens with zero attached hydrogens (tertiary/aromatic N) is 3. The summed E-state index contributed by atoms with van der Waals surface area (Å²) in [5.74, 6) is -2.28. The van der Waals surface area contributed by atoms with Crippen molar-refractivity contribution in [3.63, 3.8) is 0 Å². The highest BCUT2D eigenvalue weighted by Crippen LogP contribution is 2.58. The second kappa shape index (κ2) is 9.16. The summed E-state index contributed by atoms with van der Waals surface area (Å²) >= 11 is 0. The van der Waals surface area contributed by atoms with Crippen LogP contribution in [0.25, 0.3) is 0 Å². The Hall–Kier alpha value is -2.97. The topological polar surface area (TPSA) is 90.4 Å². The first-order valence-electron chi connectivity index (χ1n) is 12.9. The molecule has 0 saturated carbocycles. The van der Waals surface area contributed by atoms with Gasteiger partial charge in [0.25, 0.3) is 0 Å². The molecule has 8 heteroatoms. The molecule has 0 radical (unpaired) electrons. The van der Waals surface area contributed by atoms with Crippen LogP contribution >= 0.6 is 0 Å². The third-order valence-corrected chi connectivity index (χ3v) is 8.23. The second-order valence-corrected chi connectivity index (χ2v) is 10.5. The Bertz CT molecular complexity index is 1100. The summed E-state index contributed by atoms with van der Waals surface area (Å²) < 4.78 is 6.88. The normalized spacial score (nSPS) is 33.6. The number of carbonyl (C=O) groups excluding carboxylic acids is 3. The molecule has 0 aromatic heterocycles. The number of aliphatic hydroxyl groups excluding tert-OH is 1. The molecule has 1 aromatic rings. The van der Waals surface area contributed by atoms with Gasteiger partial charge in [0.2, 0.25) is 17.7 Å². The van der Waals surface area contributed by atoms with E-state index in [1.54, 1.807) is 9.80 Å². The van der Waals surface area contributed by atoms with Gasteiger partial charge in [-0.1, -0.05) is 61.6 Å². The molecule has 5 atom stereocenters. The molecule has 8 nitrogen and oxygen atoms in total. The first-order chi connectivity index (χ1) is 17.3. The molecule has 1 unspecified atom stereocenters. The summed E-state index contributed by atoms with van der Waals surface area (Å²) in [4.78, 5) is 47.1. The van der Waals surface area contributed by atoms with Crippen LogP contribution in [0.1, 0.15) is 32.8 Å². The van der Waals surface area contributed by atoms with Gasteiger partial charge >= 0.3 is 0 Å². The molecular weight excluding hydrogens is 458 g/mol. The molecule has 1 N–H and O–H groups in total. The third-order valence-electron chi connectivity index (χ3n) is 8.23. The van der Waals surface area contributed by atoms with E-state index in [1.165, 1.54) is 4.90 Å². The molecule has 2 saturated heterocycles. The zero-order valence-electron chi connectivity index (χ0n) is 21.2. The van der Waals surface area contributed by atoms with Crippen molar-refractivity contribution in [3.05, 3.63) is 60.2 Å². The van der Waals surface area contributed by atoms with Crippen LogP contribution in [-0.2, 0) is 25.7 Å². The SMILES string of the molecule is CC[C@]12C=CCN(Cc3ccccc3)C(=O)[C@H]1[C@H]1C(=O)N(CCO)C3C(=O)N(C(C)C)CC=C[C@@]31O2. The number of carbonyl (C=O) groups is 3. The van der Waals surface area contributed by atoms with Gasteiger partial charge in [0.1, 0.15) is 11.6 Å². The van der Waals surface area contributed by atoms with E-state index in [0.29, 0.717) is 26.1 Å². The Morgan fingerprint density at radius 2 is 1.72 bits per heavy atom. The van der Waals surface area contributed by atoms with Gasteiger partial charge in [0.05, 0.1) is 24.0 Å². The standard InChI is InChI=1S/C28H35N3O5/c1-4-27-12-8-14-29(18-20-10-6-5-7-11-20)24(33)21(27)22-25(34)31(16-17-32)23-26(35)30(19(2)3)15-9-13-28(22,23)36-27/h5-13,19,21-23,32H,4,14-18H2,1-3H3/t21-,22+,23?,27+,28+/m1/s1. The molecule has 0 aliphatic carbocycles. The van der Waals surface area contributed by atoms with Crippen molar-refractivity contribution in [2.24, 2.45) is 11.8 Å². The third kappa shape index (κ3) is 3.53. The van der Waals surface area contributed by atoms with Crippen molar-refractivity contribution in [2.75, 3.05) is 26.2 Å². The van der Waals surface area contributed by atoms with E-state index in [4.69, 9.17) is 4.74 Å². The summed E-state index contributed by atoms with van der Waals surface area (Å²) in [5, 5.41) is 9.80. The van der Waals surface area contributed by atoms with Crippen LogP contribution in [0.15, 0.2) is 54.6 Å². The van der Waals surface area contributed by atoms with E-state index in [0.717, 1.165) is 5.56 Å². The lowest BCUT2D eigenvalue weighted by atomic mass is 9.73. The minimum Gasteiger partial charge on any atom is -0.395 e. The van der Waals surface area contributed by atoms with Gasteiger partial charge in [-0.15, -0.1) is 0 Å². The molecule has 1 aromatic carbocycles. The highest BCUT2D eigenvalue weighted by atomic mass is 16.5. The van der Waals surface area contributed by atoms with Crippen molar-refractivity contribution < 1.29 is 24.2 Å². The van der Waals surface area contributed by atoms with Crippen LogP contribution in [0.4, 0.5) is 0 Å². The van der Waals surface area contributed by atoms with Gasteiger partial charge in [0, 0.05) is 32.2 Å². The van der Waals surface area contributed by atoms with E-state index in [9.17, 15) is 19.5 Å². The Kier molecular flexibility index (Phi) is 6.29. The Balaban J connectivity index is 1.62. The average Bonchev–Trinajstić information content (AvgIpc) is 3.14. The Morgan fingerprint density at radius 3 is 2.39 bits per heavy atom. The lowest BCUT2D eigenvalue weighted by Gasteiger charge is -2.39. The summed E-state index contributed by atoms with van der Waals surface area (Å²) in [6, 6.07) is 8.78. The maximum atomic E-state index is 14.2. The van der Waals surface area contributed by atoms with Crippen molar-refractivity contribution in [3.8, 4) is 0 Å². The van der Waals surface area contributed by atoms with Gasteiger partial charge < -0.3 is 24.5 Å². The number of benzene rings is 1. The number of fused-ring (bicyclic) bond motifs is 2. The van der Waals surface area contributed by atoms with Crippen LogP contribution in [0.3, 0.4) is 0 Å². The predicted molar refractivity (Wildman–Crippen MR) is 133 cm³/mol. The molecule has 4 heterocycles. The second-order valence-electron chi connectivity index (χ2n) is 10.5. The maximum Gasteiger partial charge on any atom is 0.249 e. The minimum atomic E-state index is -1.27. The van der Waals surface area contributed by atoms with E-state index < -0.39 is 29.1 Å². The summed E-state index contributed by atoms with van der Waals surface area (Å²) in [7, 11) is 0. The van der Waals surface area contributed by atoms with E-state index in [-0.39, 0.29) is 36.9 Å². The predicted octanol–water partition coefficient (Wildman–Crippen LogP) is 1.75. The largest absolute Gasteiger partial charge is 0.395 e. The van der Waals surface area contributed by atoms with Crippen molar-refractivity contribution in [1.29, 1.82) is 0 Å². The summed E-state index contributed by atoms with van der Waals surface area (Å²) in [5.41, 5.74) is -1.26. The molecule has 5 rings (SSSR count). The van der Waals surface area contributed by atoms with Gasteiger partial charge in [-0.05, 0) is 25.8 Å². The summed E-state index contributed by atoms with van der Waals surface area (Å²) in [6.45, 7) is 6.82. The van der Waals surface area contributed by atoms with Crippen LogP contribution in [0, 0.1) is 11.8 Å². The van der Waals surface area contributed by atoms with Gasteiger partial charge in [-0.2, -0.15) is 0 Å². The van der Waals surface area contributed by atoms with Crippen molar-refractivity contribution in [1.82, 2.24) is 14.7 Å². The number of hydrogen-bond donors (Lipinski definition) is 1. The number of ether oxygens (including phenoxy) is 1. The van der Waals surface area contributed by atoms with Crippen molar-refractivity contribution in [2.45, 2.75) is 57.0 Å². The van der Waals surface area contributed by atoms with E-state index in [1.807, 2.05) is 75.4 Å². The monoisotopic (exact) mass is 493 g/mol. The van der Waals surface area contributed by atoms with E-state index >= 15 is 0 Å². The molecular formula is C28H35N3O5. The molecule has 192 valence electrons. The van der Waals surface area contributed by atoms with E-state index in [2.05, 4.69) is 0 Å². The van der Waals surface area contributed by atoms with Crippen LogP contribution < -0.4 is 0 Å². The first kappa shape index (κ1) is 24.7. The lowest BCUT2D eigenvalue weighted by Crippen LogP contribution is -2.57. The number of rotatable bonds is 6. The number of likely N-dealkylation sites (tertiary alicyclic amines) is 1. The number of β-amino-alcohol motifs (C(OH)–C–C–N with tert-alkyl or cyclic N) is 1. The zero-order valence-corrected chi connectivity index (χ0v) is 21.2. The molecule has 2 fully saturated rings. The lowest BCUT2D eigenvalue weighted by molar-refractivity contribution is -0.155. The van der Waals surface area contributed by atoms with Crippen LogP contribution in [0.5, 0.6) is 0 Å². The Morgan fingerprint density at radius 1 is 1.00 bits per heavy atom. The number of amides is 3. The first-order valence-corrected chi connectivity index (χ1v) is 12.9. The fourth-order valence-corrected chi connectivity index (χ4v) is 6.59. The smallest absolute Gasteiger partial charge is 0.249 e. The molecule has 3 amide bonds. The van der Waals surface area contributed by atoms with Gasteiger partial charge in [-0.3, -0.25) is 14.4 Å². The Labute approximate surface area is 212 Å². The minimum absolute atomic E-state index is 0.0141. The molecule has 0 bridgehead atoms. The van der Waals surface area contributed by atoms with Crippen molar-refractivity contribution >= 4 is 17.7 Å². The summed E-state index contributed by atoms with van der Waals surface area (Å²) in [6.07, 6.45) is 8.14.